The molecule has 2 N–H and O–H groups in total. The van der Waals surface area contributed by atoms with Crippen LogP contribution in [0.1, 0.15) is 40.0 Å². The fraction of sp³-hybridized carbons (Fsp3) is 0.917. The van der Waals surface area contributed by atoms with Gasteiger partial charge in [0.1, 0.15) is 0 Å². The molecule has 1 saturated heterocycles. The van der Waals surface area contributed by atoms with Gasteiger partial charge in [-0.2, -0.15) is 0 Å². The van der Waals surface area contributed by atoms with Gasteiger partial charge in [-0.05, 0) is 19.8 Å². The van der Waals surface area contributed by atoms with E-state index in [1.807, 2.05) is 18.7 Å². The maximum absolute atomic E-state index is 12.1. The molecule has 1 aliphatic rings. The average Bonchev–Trinajstić information content (AvgIpc) is 2.28. The Morgan fingerprint density at radius 3 is 2.81 bits per heavy atom. The SMILES string of the molecule is CCCC(N)C(=O)N1CC(C)OCC1CC. The molecule has 4 nitrogen and oxygen atoms in total. The minimum atomic E-state index is -0.343. The van der Waals surface area contributed by atoms with Crippen molar-refractivity contribution in [1.29, 1.82) is 0 Å². The van der Waals surface area contributed by atoms with E-state index in [1.165, 1.54) is 0 Å². The predicted molar refractivity (Wildman–Crippen MR) is 64.1 cm³/mol. The Hall–Kier alpha value is -0.610. The summed E-state index contributed by atoms with van der Waals surface area (Å²) in [5, 5.41) is 0. The smallest absolute Gasteiger partial charge is 0.239 e. The van der Waals surface area contributed by atoms with E-state index in [0.29, 0.717) is 13.2 Å². The highest BCUT2D eigenvalue weighted by Crippen LogP contribution is 2.16. The van der Waals surface area contributed by atoms with Crippen LogP contribution in [0.4, 0.5) is 0 Å². The number of hydrogen-bond acceptors (Lipinski definition) is 3. The van der Waals surface area contributed by atoms with Gasteiger partial charge in [-0.1, -0.05) is 20.3 Å². The molecule has 0 aromatic heterocycles. The van der Waals surface area contributed by atoms with Gasteiger partial charge >= 0.3 is 0 Å². The first-order valence-electron chi connectivity index (χ1n) is 6.27. The number of morpholine rings is 1. The molecule has 1 rings (SSSR count). The Morgan fingerprint density at radius 1 is 1.56 bits per heavy atom. The van der Waals surface area contributed by atoms with Crippen molar-refractivity contribution in [2.45, 2.75) is 58.2 Å². The van der Waals surface area contributed by atoms with Crippen LogP contribution >= 0.6 is 0 Å². The van der Waals surface area contributed by atoms with Crippen LogP contribution in [0, 0.1) is 0 Å². The molecular weight excluding hydrogens is 204 g/mol. The lowest BCUT2D eigenvalue weighted by molar-refractivity contribution is -0.145. The van der Waals surface area contributed by atoms with Crippen LogP contribution in [-0.4, -0.2) is 42.1 Å². The summed E-state index contributed by atoms with van der Waals surface area (Å²) in [5.41, 5.74) is 5.89. The molecule has 3 unspecified atom stereocenters. The summed E-state index contributed by atoms with van der Waals surface area (Å²) in [6.07, 6.45) is 2.77. The average molecular weight is 228 g/mol. The first kappa shape index (κ1) is 13.5. The monoisotopic (exact) mass is 228 g/mol. The number of rotatable bonds is 4. The highest BCUT2D eigenvalue weighted by Gasteiger charge is 2.31. The topological polar surface area (TPSA) is 55.6 Å². The Kier molecular flexibility index (Phi) is 5.22. The summed E-state index contributed by atoms with van der Waals surface area (Å²) >= 11 is 0. The lowest BCUT2D eigenvalue weighted by Gasteiger charge is -2.39. The van der Waals surface area contributed by atoms with Crippen molar-refractivity contribution in [2.24, 2.45) is 5.73 Å². The first-order chi connectivity index (χ1) is 7.60. The largest absolute Gasteiger partial charge is 0.375 e. The second kappa shape index (κ2) is 6.21. The van der Waals surface area contributed by atoms with E-state index in [2.05, 4.69) is 6.92 Å². The van der Waals surface area contributed by atoms with Crippen LogP contribution in [0.5, 0.6) is 0 Å². The van der Waals surface area contributed by atoms with Crippen LogP contribution in [0.15, 0.2) is 0 Å². The van der Waals surface area contributed by atoms with E-state index >= 15 is 0 Å². The normalized spacial score (nSPS) is 27.9. The molecule has 1 amide bonds. The first-order valence-corrected chi connectivity index (χ1v) is 6.27. The standard InChI is InChI=1S/C12H24N2O2/c1-4-6-11(13)12(15)14-7-9(3)16-8-10(14)5-2/h9-11H,4-8,13H2,1-3H3. The predicted octanol–water partition coefficient (Wildman–Crippen LogP) is 1.14. The number of nitrogens with two attached hydrogens (primary N) is 1. The number of carbonyl (C=O) groups excluding carboxylic acids is 1. The van der Waals surface area contributed by atoms with Crippen LogP contribution < -0.4 is 5.73 Å². The number of amides is 1. The molecule has 4 heteroatoms. The minimum Gasteiger partial charge on any atom is -0.375 e. The molecule has 0 bridgehead atoms. The second-order valence-electron chi connectivity index (χ2n) is 4.59. The van der Waals surface area contributed by atoms with E-state index in [0.717, 1.165) is 19.3 Å². The summed E-state index contributed by atoms with van der Waals surface area (Å²) < 4.78 is 5.57. The molecule has 0 aliphatic carbocycles. The Balaban J connectivity index is 2.62. The maximum Gasteiger partial charge on any atom is 0.239 e. The molecule has 0 saturated carbocycles. The van der Waals surface area contributed by atoms with Crippen LogP contribution in [0.3, 0.4) is 0 Å². The van der Waals surface area contributed by atoms with Gasteiger partial charge in [0.15, 0.2) is 0 Å². The van der Waals surface area contributed by atoms with Gasteiger partial charge in [0.05, 0.1) is 24.8 Å². The van der Waals surface area contributed by atoms with Crippen molar-refractivity contribution in [2.75, 3.05) is 13.2 Å². The molecular formula is C12H24N2O2. The minimum absolute atomic E-state index is 0.0869. The van der Waals surface area contributed by atoms with Crippen molar-refractivity contribution < 1.29 is 9.53 Å². The summed E-state index contributed by atoms with van der Waals surface area (Å²) in [7, 11) is 0. The van der Waals surface area contributed by atoms with E-state index in [4.69, 9.17) is 10.5 Å². The Morgan fingerprint density at radius 2 is 2.25 bits per heavy atom. The van der Waals surface area contributed by atoms with Crippen LogP contribution in [-0.2, 0) is 9.53 Å². The lowest BCUT2D eigenvalue weighted by atomic mass is 10.1. The zero-order valence-electron chi connectivity index (χ0n) is 10.6. The Labute approximate surface area is 98.1 Å². The van der Waals surface area contributed by atoms with Crippen molar-refractivity contribution in [1.82, 2.24) is 4.90 Å². The quantitative estimate of drug-likeness (QED) is 0.785. The van der Waals surface area contributed by atoms with Gasteiger partial charge < -0.3 is 15.4 Å². The Bertz CT molecular complexity index is 233. The van der Waals surface area contributed by atoms with Crippen molar-refractivity contribution in [3.05, 3.63) is 0 Å². The molecule has 3 atom stereocenters. The molecule has 0 radical (unpaired) electrons. The van der Waals surface area contributed by atoms with Crippen LogP contribution in [0.2, 0.25) is 0 Å². The zero-order valence-corrected chi connectivity index (χ0v) is 10.6. The molecule has 94 valence electrons. The molecule has 1 aliphatic heterocycles. The zero-order chi connectivity index (χ0) is 12.1. The number of ether oxygens (including phenoxy) is 1. The summed E-state index contributed by atoms with van der Waals surface area (Å²) in [4.78, 5) is 14.1. The van der Waals surface area contributed by atoms with E-state index in [-0.39, 0.29) is 24.1 Å². The second-order valence-corrected chi connectivity index (χ2v) is 4.59. The van der Waals surface area contributed by atoms with Crippen molar-refractivity contribution in [3.63, 3.8) is 0 Å². The third-order valence-electron chi connectivity index (χ3n) is 3.14. The number of hydrogen-bond donors (Lipinski definition) is 1. The van der Waals surface area contributed by atoms with Gasteiger partial charge in [-0.3, -0.25) is 4.79 Å². The summed E-state index contributed by atoms with van der Waals surface area (Å²) in [5.74, 6) is 0.0869. The summed E-state index contributed by atoms with van der Waals surface area (Å²) in [6.45, 7) is 7.44. The fourth-order valence-electron chi connectivity index (χ4n) is 2.10. The number of nitrogens with zero attached hydrogens (tertiary/aromatic N) is 1. The van der Waals surface area contributed by atoms with E-state index in [9.17, 15) is 4.79 Å². The van der Waals surface area contributed by atoms with E-state index in [1.54, 1.807) is 0 Å². The molecule has 0 aromatic rings. The van der Waals surface area contributed by atoms with Gasteiger partial charge in [0, 0.05) is 6.54 Å². The maximum atomic E-state index is 12.1. The lowest BCUT2D eigenvalue weighted by Crippen LogP contribution is -2.55. The third kappa shape index (κ3) is 3.19. The molecule has 0 aromatic carbocycles. The van der Waals surface area contributed by atoms with Gasteiger partial charge in [-0.15, -0.1) is 0 Å². The fourth-order valence-corrected chi connectivity index (χ4v) is 2.10. The van der Waals surface area contributed by atoms with Crippen LogP contribution in [0.25, 0.3) is 0 Å². The van der Waals surface area contributed by atoms with Crippen molar-refractivity contribution >= 4 is 5.91 Å². The molecule has 1 fully saturated rings. The molecule has 1 heterocycles. The highest BCUT2D eigenvalue weighted by atomic mass is 16.5. The van der Waals surface area contributed by atoms with E-state index < -0.39 is 0 Å². The summed E-state index contributed by atoms with van der Waals surface area (Å²) in [6, 6.07) is -0.143. The van der Waals surface area contributed by atoms with Gasteiger partial charge in [-0.25, -0.2) is 0 Å². The van der Waals surface area contributed by atoms with Gasteiger partial charge in [0.2, 0.25) is 5.91 Å². The molecule has 16 heavy (non-hydrogen) atoms. The highest BCUT2D eigenvalue weighted by molar-refractivity contribution is 5.82. The number of carbonyl (C=O) groups is 1. The van der Waals surface area contributed by atoms with Crippen molar-refractivity contribution in [3.8, 4) is 0 Å². The van der Waals surface area contributed by atoms with Gasteiger partial charge in [0.25, 0.3) is 0 Å². The molecule has 0 spiro atoms. The third-order valence-corrected chi connectivity index (χ3v) is 3.14.